The minimum atomic E-state index is -0.143. The summed E-state index contributed by atoms with van der Waals surface area (Å²) < 4.78 is 5.60. The Hall–Kier alpha value is -2.63. The molecule has 2 aromatic rings. The van der Waals surface area contributed by atoms with E-state index in [1.54, 1.807) is 6.07 Å². The number of aromatic nitrogens is 2. The van der Waals surface area contributed by atoms with Gasteiger partial charge in [-0.3, -0.25) is 4.79 Å². The van der Waals surface area contributed by atoms with Crippen molar-refractivity contribution in [3.63, 3.8) is 0 Å². The second-order valence-electron chi connectivity index (χ2n) is 6.15. The molecule has 1 aliphatic rings. The van der Waals surface area contributed by atoms with Crippen LogP contribution in [0, 0.1) is 0 Å². The third-order valence-corrected chi connectivity index (χ3v) is 4.29. The fourth-order valence-corrected chi connectivity index (χ4v) is 3.05. The number of rotatable bonds is 6. The molecule has 0 aliphatic heterocycles. The van der Waals surface area contributed by atoms with E-state index in [0.29, 0.717) is 18.1 Å². The van der Waals surface area contributed by atoms with Gasteiger partial charge >= 0.3 is 0 Å². The predicted molar refractivity (Wildman–Crippen MR) is 97.3 cm³/mol. The van der Waals surface area contributed by atoms with E-state index in [9.17, 15) is 4.79 Å². The summed E-state index contributed by atoms with van der Waals surface area (Å²) >= 11 is 0. The molecular weight excluding hydrogens is 316 g/mol. The van der Waals surface area contributed by atoms with E-state index < -0.39 is 0 Å². The molecule has 0 spiro atoms. The average molecular weight is 340 g/mol. The summed E-state index contributed by atoms with van der Waals surface area (Å²) in [6.07, 6.45) is 7.10. The van der Waals surface area contributed by atoms with Crippen LogP contribution < -0.4 is 15.4 Å². The maximum absolute atomic E-state index is 12.4. The molecule has 1 aromatic carbocycles. The Labute approximate surface area is 148 Å². The maximum Gasteiger partial charge on any atom is 0.270 e. The topological polar surface area (TPSA) is 76.1 Å². The molecule has 0 unspecified atom stereocenters. The van der Waals surface area contributed by atoms with Crippen molar-refractivity contribution in [2.45, 2.75) is 45.1 Å². The molecule has 1 aromatic heterocycles. The van der Waals surface area contributed by atoms with Gasteiger partial charge in [-0.2, -0.15) is 0 Å². The zero-order valence-corrected chi connectivity index (χ0v) is 14.5. The zero-order valence-electron chi connectivity index (χ0n) is 14.5. The molecule has 0 saturated heterocycles. The number of carbonyl (C=O) groups excluding carboxylic acids is 1. The third-order valence-electron chi connectivity index (χ3n) is 4.29. The van der Waals surface area contributed by atoms with Crippen molar-refractivity contribution in [3.8, 4) is 5.75 Å². The highest BCUT2D eigenvalue weighted by atomic mass is 16.5. The first-order valence-corrected chi connectivity index (χ1v) is 8.88. The van der Waals surface area contributed by atoms with Gasteiger partial charge in [-0.05, 0) is 31.9 Å². The van der Waals surface area contributed by atoms with Crippen LogP contribution in [0.1, 0.15) is 49.5 Å². The van der Waals surface area contributed by atoms with Crippen LogP contribution in [0.3, 0.4) is 0 Å². The molecule has 1 aliphatic carbocycles. The molecule has 0 atom stereocenters. The standard InChI is InChI=1S/C19H24N4O2/c1-2-25-17-11-7-6-10-15(17)23-18-12-16(20-13-21-18)19(24)22-14-8-4-3-5-9-14/h6-7,10-14H,2-5,8-9H2,1H3,(H,22,24)(H,20,21,23). The molecule has 0 radical (unpaired) electrons. The van der Waals surface area contributed by atoms with E-state index >= 15 is 0 Å². The second kappa shape index (κ2) is 8.46. The van der Waals surface area contributed by atoms with Crippen molar-refractivity contribution in [1.29, 1.82) is 0 Å². The summed E-state index contributed by atoms with van der Waals surface area (Å²) in [5.41, 5.74) is 1.18. The van der Waals surface area contributed by atoms with E-state index in [0.717, 1.165) is 24.3 Å². The first-order chi connectivity index (χ1) is 12.3. The van der Waals surface area contributed by atoms with Crippen LogP contribution in [-0.4, -0.2) is 28.5 Å². The summed E-state index contributed by atoms with van der Waals surface area (Å²) in [4.78, 5) is 20.8. The van der Waals surface area contributed by atoms with Gasteiger partial charge in [0.05, 0.1) is 12.3 Å². The lowest BCUT2D eigenvalue weighted by Gasteiger charge is -2.22. The molecule has 132 valence electrons. The Kier molecular flexibility index (Phi) is 5.82. The van der Waals surface area contributed by atoms with Crippen molar-refractivity contribution in [1.82, 2.24) is 15.3 Å². The summed E-state index contributed by atoms with van der Waals surface area (Å²) in [5.74, 6) is 1.17. The SMILES string of the molecule is CCOc1ccccc1Nc1cc(C(=O)NC2CCCCC2)ncn1. The van der Waals surface area contributed by atoms with Crippen molar-refractivity contribution < 1.29 is 9.53 Å². The van der Waals surface area contributed by atoms with Crippen molar-refractivity contribution >= 4 is 17.4 Å². The van der Waals surface area contributed by atoms with Crippen LogP contribution in [0.4, 0.5) is 11.5 Å². The number of nitrogens with one attached hydrogen (secondary N) is 2. The number of carbonyl (C=O) groups is 1. The minimum absolute atomic E-state index is 0.143. The minimum Gasteiger partial charge on any atom is -0.492 e. The Morgan fingerprint density at radius 2 is 2.00 bits per heavy atom. The Bertz CT molecular complexity index is 714. The molecule has 1 fully saturated rings. The Balaban J connectivity index is 1.70. The first kappa shape index (κ1) is 17.2. The summed E-state index contributed by atoms with van der Waals surface area (Å²) in [6.45, 7) is 2.52. The monoisotopic (exact) mass is 340 g/mol. The lowest BCUT2D eigenvalue weighted by Crippen LogP contribution is -2.36. The molecule has 0 bridgehead atoms. The van der Waals surface area contributed by atoms with E-state index in [4.69, 9.17) is 4.74 Å². The molecule has 1 amide bonds. The van der Waals surface area contributed by atoms with E-state index in [2.05, 4.69) is 20.6 Å². The lowest BCUT2D eigenvalue weighted by atomic mass is 9.95. The van der Waals surface area contributed by atoms with Gasteiger partial charge in [0.1, 0.15) is 23.6 Å². The van der Waals surface area contributed by atoms with E-state index in [1.165, 1.54) is 25.6 Å². The molecule has 6 heteroatoms. The molecule has 3 rings (SSSR count). The molecule has 1 saturated carbocycles. The van der Waals surface area contributed by atoms with Crippen LogP contribution in [0.25, 0.3) is 0 Å². The number of anilines is 2. The van der Waals surface area contributed by atoms with Gasteiger partial charge in [0, 0.05) is 12.1 Å². The Morgan fingerprint density at radius 1 is 1.20 bits per heavy atom. The van der Waals surface area contributed by atoms with Gasteiger partial charge in [0.15, 0.2) is 0 Å². The van der Waals surface area contributed by atoms with Crippen LogP contribution in [0.15, 0.2) is 36.7 Å². The quantitative estimate of drug-likeness (QED) is 0.839. The predicted octanol–water partition coefficient (Wildman–Crippen LogP) is 3.68. The number of ether oxygens (including phenoxy) is 1. The highest BCUT2D eigenvalue weighted by Crippen LogP contribution is 2.26. The number of benzene rings is 1. The van der Waals surface area contributed by atoms with Crippen LogP contribution >= 0.6 is 0 Å². The number of amides is 1. The van der Waals surface area contributed by atoms with Crippen LogP contribution in [0.5, 0.6) is 5.75 Å². The summed E-state index contributed by atoms with van der Waals surface area (Å²) in [6, 6.07) is 9.56. The third kappa shape index (κ3) is 4.68. The summed E-state index contributed by atoms with van der Waals surface area (Å²) in [7, 11) is 0. The molecule has 25 heavy (non-hydrogen) atoms. The van der Waals surface area contributed by atoms with Gasteiger partial charge in [-0.1, -0.05) is 31.4 Å². The number of nitrogens with zero attached hydrogens (tertiary/aromatic N) is 2. The highest BCUT2D eigenvalue weighted by molar-refractivity contribution is 5.93. The average Bonchev–Trinajstić information content (AvgIpc) is 2.65. The number of hydrogen-bond donors (Lipinski definition) is 2. The molecular formula is C19H24N4O2. The van der Waals surface area contributed by atoms with Gasteiger partial charge < -0.3 is 15.4 Å². The molecule has 1 heterocycles. The van der Waals surface area contributed by atoms with Gasteiger partial charge in [0.25, 0.3) is 5.91 Å². The fourth-order valence-electron chi connectivity index (χ4n) is 3.05. The Morgan fingerprint density at radius 3 is 2.80 bits per heavy atom. The molecule has 2 N–H and O–H groups in total. The smallest absolute Gasteiger partial charge is 0.270 e. The number of hydrogen-bond acceptors (Lipinski definition) is 5. The maximum atomic E-state index is 12.4. The van der Waals surface area contributed by atoms with E-state index in [-0.39, 0.29) is 11.9 Å². The second-order valence-corrected chi connectivity index (χ2v) is 6.15. The lowest BCUT2D eigenvalue weighted by molar-refractivity contribution is 0.0922. The van der Waals surface area contributed by atoms with Crippen molar-refractivity contribution in [3.05, 3.63) is 42.4 Å². The van der Waals surface area contributed by atoms with Gasteiger partial charge in [-0.15, -0.1) is 0 Å². The zero-order chi connectivity index (χ0) is 17.5. The van der Waals surface area contributed by atoms with Crippen molar-refractivity contribution in [2.75, 3.05) is 11.9 Å². The number of para-hydroxylation sites is 2. The largest absolute Gasteiger partial charge is 0.492 e. The van der Waals surface area contributed by atoms with Crippen LogP contribution in [0.2, 0.25) is 0 Å². The van der Waals surface area contributed by atoms with Gasteiger partial charge in [-0.25, -0.2) is 9.97 Å². The van der Waals surface area contributed by atoms with Crippen LogP contribution in [-0.2, 0) is 0 Å². The first-order valence-electron chi connectivity index (χ1n) is 8.88. The summed E-state index contributed by atoms with van der Waals surface area (Å²) in [5, 5.41) is 6.28. The molecule has 6 nitrogen and oxygen atoms in total. The van der Waals surface area contributed by atoms with E-state index in [1.807, 2.05) is 31.2 Å². The van der Waals surface area contributed by atoms with Crippen molar-refractivity contribution in [2.24, 2.45) is 0 Å². The fraction of sp³-hybridized carbons (Fsp3) is 0.421. The van der Waals surface area contributed by atoms with Gasteiger partial charge in [0.2, 0.25) is 0 Å². The normalized spacial score (nSPS) is 14.8. The highest BCUT2D eigenvalue weighted by Gasteiger charge is 2.18.